The van der Waals surface area contributed by atoms with Crippen LogP contribution in [-0.2, 0) is 4.74 Å². The molecule has 0 amide bonds. The Morgan fingerprint density at radius 3 is 2.32 bits per heavy atom. The van der Waals surface area contributed by atoms with E-state index in [9.17, 15) is 0 Å². The Hall–Kier alpha value is -0.0800. The van der Waals surface area contributed by atoms with Gasteiger partial charge in [0, 0.05) is 12.1 Å². The highest BCUT2D eigenvalue weighted by Crippen LogP contribution is 2.41. The predicted octanol–water partition coefficient (Wildman–Crippen LogP) is 3.89. The molecule has 2 aliphatic heterocycles. The van der Waals surface area contributed by atoms with E-state index in [0.29, 0.717) is 23.7 Å². The number of ether oxygens (including phenoxy) is 1. The van der Waals surface area contributed by atoms with Gasteiger partial charge in [-0.15, -0.1) is 0 Å². The number of hydrogen-bond donors (Lipinski definition) is 1. The van der Waals surface area contributed by atoms with Crippen molar-refractivity contribution in [1.29, 1.82) is 0 Å². The van der Waals surface area contributed by atoms with E-state index in [2.05, 4.69) is 26.1 Å². The molecule has 0 aromatic rings. The lowest BCUT2D eigenvalue weighted by molar-refractivity contribution is 0.0911. The predicted molar refractivity (Wildman–Crippen MR) is 79.3 cm³/mol. The van der Waals surface area contributed by atoms with Crippen LogP contribution < -0.4 is 5.32 Å². The van der Waals surface area contributed by atoms with E-state index in [1.54, 1.807) is 0 Å². The van der Waals surface area contributed by atoms with Crippen molar-refractivity contribution in [1.82, 2.24) is 5.32 Å². The Labute approximate surface area is 118 Å². The SMILES string of the molecule is CCC(C)(C)C1CCC(NC2CC3CCC2O3)CC1. The molecule has 2 nitrogen and oxygen atoms in total. The molecule has 2 bridgehead atoms. The van der Waals surface area contributed by atoms with Gasteiger partial charge in [-0.1, -0.05) is 27.2 Å². The van der Waals surface area contributed by atoms with Gasteiger partial charge >= 0.3 is 0 Å². The lowest BCUT2D eigenvalue weighted by Gasteiger charge is -2.40. The molecule has 0 aromatic carbocycles. The molecule has 0 spiro atoms. The molecule has 2 heteroatoms. The second kappa shape index (κ2) is 5.37. The third-order valence-electron chi connectivity index (χ3n) is 6.30. The highest BCUT2D eigenvalue weighted by atomic mass is 16.5. The number of rotatable bonds is 4. The standard InChI is InChI=1S/C17H31NO/c1-4-17(2,3)12-5-7-13(8-6-12)18-15-11-14-9-10-16(15)19-14/h12-16,18H,4-11H2,1-3H3. The van der Waals surface area contributed by atoms with Crippen LogP contribution in [0.3, 0.4) is 0 Å². The Morgan fingerprint density at radius 2 is 1.79 bits per heavy atom. The van der Waals surface area contributed by atoms with E-state index in [-0.39, 0.29) is 0 Å². The first-order chi connectivity index (χ1) is 9.08. The van der Waals surface area contributed by atoms with Gasteiger partial charge in [-0.3, -0.25) is 0 Å². The largest absolute Gasteiger partial charge is 0.373 e. The third kappa shape index (κ3) is 2.85. The van der Waals surface area contributed by atoms with Crippen molar-refractivity contribution in [3.05, 3.63) is 0 Å². The molecule has 2 heterocycles. The van der Waals surface area contributed by atoms with Crippen molar-refractivity contribution < 1.29 is 4.74 Å². The van der Waals surface area contributed by atoms with Crippen molar-refractivity contribution >= 4 is 0 Å². The molecule has 0 radical (unpaired) electrons. The summed E-state index contributed by atoms with van der Waals surface area (Å²) < 4.78 is 5.96. The average Bonchev–Trinajstić information content (AvgIpc) is 3.02. The minimum absolute atomic E-state index is 0.537. The van der Waals surface area contributed by atoms with Crippen molar-refractivity contribution in [3.63, 3.8) is 0 Å². The Balaban J connectivity index is 1.46. The molecule has 0 aromatic heterocycles. The Bertz CT molecular complexity index is 306. The maximum absolute atomic E-state index is 5.96. The van der Waals surface area contributed by atoms with Crippen molar-refractivity contribution in [2.24, 2.45) is 11.3 Å². The number of hydrogen-bond acceptors (Lipinski definition) is 2. The van der Waals surface area contributed by atoms with Crippen molar-refractivity contribution in [3.8, 4) is 0 Å². The van der Waals surface area contributed by atoms with Gasteiger partial charge in [-0.25, -0.2) is 0 Å². The summed E-state index contributed by atoms with van der Waals surface area (Å²) in [6, 6.07) is 1.43. The average molecular weight is 265 g/mol. The monoisotopic (exact) mass is 265 g/mol. The van der Waals surface area contributed by atoms with Crippen LogP contribution in [0.4, 0.5) is 0 Å². The first-order valence-corrected chi connectivity index (χ1v) is 8.50. The minimum atomic E-state index is 0.537. The zero-order valence-corrected chi connectivity index (χ0v) is 13.0. The minimum Gasteiger partial charge on any atom is -0.373 e. The normalized spacial score (nSPS) is 42.8. The van der Waals surface area contributed by atoms with E-state index < -0.39 is 0 Å². The second-order valence-electron chi connectivity index (χ2n) is 7.77. The van der Waals surface area contributed by atoms with Crippen LogP contribution in [0.15, 0.2) is 0 Å². The van der Waals surface area contributed by atoms with Crippen LogP contribution in [0.2, 0.25) is 0 Å². The highest BCUT2D eigenvalue weighted by molar-refractivity contribution is 4.96. The molecule has 2 saturated heterocycles. The highest BCUT2D eigenvalue weighted by Gasteiger charge is 2.42. The second-order valence-corrected chi connectivity index (χ2v) is 7.77. The molecule has 1 N–H and O–H groups in total. The summed E-state index contributed by atoms with van der Waals surface area (Å²) in [7, 11) is 0. The molecule has 3 rings (SSSR count). The molecule has 19 heavy (non-hydrogen) atoms. The van der Waals surface area contributed by atoms with E-state index in [0.717, 1.165) is 12.0 Å². The van der Waals surface area contributed by atoms with Crippen LogP contribution in [0.1, 0.15) is 72.1 Å². The Morgan fingerprint density at radius 1 is 1.05 bits per heavy atom. The van der Waals surface area contributed by atoms with Crippen LogP contribution >= 0.6 is 0 Å². The first kappa shape index (κ1) is 13.9. The Kier molecular flexibility index (Phi) is 3.92. The fourth-order valence-electron chi connectivity index (χ4n) is 4.45. The van der Waals surface area contributed by atoms with Gasteiger partial charge in [0.2, 0.25) is 0 Å². The zero-order valence-electron chi connectivity index (χ0n) is 13.0. The fraction of sp³-hybridized carbons (Fsp3) is 1.00. The summed E-state index contributed by atoms with van der Waals surface area (Å²) in [6.45, 7) is 7.25. The van der Waals surface area contributed by atoms with Gasteiger partial charge in [-0.2, -0.15) is 0 Å². The summed E-state index contributed by atoms with van der Waals surface area (Å²) in [5.74, 6) is 0.937. The van der Waals surface area contributed by atoms with Gasteiger partial charge < -0.3 is 10.1 Å². The van der Waals surface area contributed by atoms with Gasteiger partial charge in [0.1, 0.15) is 0 Å². The van der Waals surface area contributed by atoms with Gasteiger partial charge in [0.25, 0.3) is 0 Å². The summed E-state index contributed by atoms with van der Waals surface area (Å²) >= 11 is 0. The van der Waals surface area contributed by atoms with Gasteiger partial charge in [0.05, 0.1) is 12.2 Å². The molecular formula is C17H31NO. The summed E-state index contributed by atoms with van der Waals surface area (Å²) in [4.78, 5) is 0. The summed E-state index contributed by atoms with van der Waals surface area (Å²) in [6.07, 6.45) is 11.9. The molecule has 3 fully saturated rings. The lowest BCUT2D eigenvalue weighted by atomic mass is 9.69. The molecule has 110 valence electrons. The van der Waals surface area contributed by atoms with Crippen LogP contribution in [-0.4, -0.2) is 24.3 Å². The van der Waals surface area contributed by atoms with Gasteiger partial charge in [0.15, 0.2) is 0 Å². The van der Waals surface area contributed by atoms with E-state index in [1.807, 2.05) is 0 Å². The summed E-state index contributed by atoms with van der Waals surface area (Å²) in [5, 5.41) is 3.91. The fourth-order valence-corrected chi connectivity index (χ4v) is 4.45. The number of fused-ring (bicyclic) bond motifs is 2. The van der Waals surface area contributed by atoms with Crippen molar-refractivity contribution in [2.75, 3.05) is 0 Å². The molecule has 3 atom stereocenters. The van der Waals surface area contributed by atoms with E-state index in [4.69, 9.17) is 4.74 Å². The molecule has 1 aliphatic carbocycles. The third-order valence-corrected chi connectivity index (χ3v) is 6.30. The summed E-state index contributed by atoms with van der Waals surface area (Å²) in [5.41, 5.74) is 0.542. The molecule has 3 unspecified atom stereocenters. The molecule has 1 saturated carbocycles. The van der Waals surface area contributed by atoms with E-state index >= 15 is 0 Å². The maximum Gasteiger partial charge on any atom is 0.0733 e. The zero-order chi connectivity index (χ0) is 13.5. The van der Waals surface area contributed by atoms with Crippen molar-refractivity contribution in [2.45, 2.75) is 96.4 Å². The first-order valence-electron chi connectivity index (χ1n) is 8.50. The molecule has 3 aliphatic rings. The topological polar surface area (TPSA) is 21.3 Å². The van der Waals surface area contributed by atoms with Crippen LogP contribution in [0, 0.1) is 11.3 Å². The maximum atomic E-state index is 5.96. The van der Waals surface area contributed by atoms with Crippen LogP contribution in [0.5, 0.6) is 0 Å². The van der Waals surface area contributed by atoms with Gasteiger partial charge in [-0.05, 0) is 56.3 Å². The van der Waals surface area contributed by atoms with E-state index in [1.165, 1.54) is 51.4 Å². The quantitative estimate of drug-likeness (QED) is 0.832. The smallest absolute Gasteiger partial charge is 0.0733 e. The number of nitrogens with one attached hydrogen (secondary N) is 1. The van der Waals surface area contributed by atoms with Crippen LogP contribution in [0.25, 0.3) is 0 Å². The molecular weight excluding hydrogens is 234 g/mol. The lowest BCUT2D eigenvalue weighted by Crippen LogP contribution is -2.46.